The summed E-state index contributed by atoms with van der Waals surface area (Å²) in [6.45, 7) is 4.27. The van der Waals surface area contributed by atoms with Crippen molar-refractivity contribution in [2.24, 2.45) is 0 Å². The summed E-state index contributed by atoms with van der Waals surface area (Å²) in [5.41, 5.74) is 1.75. The van der Waals surface area contributed by atoms with Crippen LogP contribution in [-0.2, 0) is 4.79 Å². The Morgan fingerprint density at radius 1 is 1.36 bits per heavy atom. The van der Waals surface area contributed by atoms with Gasteiger partial charge in [0, 0.05) is 34.6 Å². The smallest absolute Gasteiger partial charge is 0.253 e. The third kappa shape index (κ3) is 3.29. The van der Waals surface area contributed by atoms with Crippen LogP contribution in [0.15, 0.2) is 41.3 Å². The van der Waals surface area contributed by atoms with Crippen molar-refractivity contribution in [3.63, 3.8) is 0 Å². The number of nitrogens with zero attached hydrogens (tertiary/aromatic N) is 2. The molecule has 1 amide bonds. The van der Waals surface area contributed by atoms with Gasteiger partial charge in [-0.25, -0.2) is 4.98 Å². The van der Waals surface area contributed by atoms with Crippen molar-refractivity contribution >= 4 is 39.9 Å². The second-order valence-corrected chi connectivity index (χ2v) is 7.11. The second kappa shape index (κ2) is 7.16. The summed E-state index contributed by atoms with van der Waals surface area (Å²) in [4.78, 5) is 33.3. The van der Waals surface area contributed by atoms with E-state index in [1.165, 1.54) is 6.92 Å². The number of anilines is 2. The van der Waals surface area contributed by atoms with Crippen LogP contribution in [0.25, 0.3) is 10.9 Å². The molecule has 28 heavy (non-hydrogen) atoms. The number of pyridine rings is 2. The van der Waals surface area contributed by atoms with Crippen LogP contribution in [0.3, 0.4) is 0 Å². The lowest BCUT2D eigenvalue weighted by molar-refractivity contribution is -0.116. The Bertz CT molecular complexity index is 1130. The van der Waals surface area contributed by atoms with Crippen LogP contribution < -0.4 is 20.5 Å². The van der Waals surface area contributed by atoms with Crippen molar-refractivity contribution in [1.29, 1.82) is 0 Å². The molecule has 3 heterocycles. The van der Waals surface area contributed by atoms with Gasteiger partial charge in [-0.15, -0.1) is 0 Å². The zero-order chi connectivity index (χ0) is 19.8. The van der Waals surface area contributed by atoms with Gasteiger partial charge in [0.15, 0.2) is 11.6 Å². The predicted molar refractivity (Wildman–Crippen MR) is 109 cm³/mol. The summed E-state index contributed by atoms with van der Waals surface area (Å²) in [5, 5.41) is 4.68. The molecule has 0 unspecified atom stereocenters. The number of benzene rings is 1. The molecule has 0 bridgehead atoms. The molecule has 0 aliphatic carbocycles. The maximum Gasteiger partial charge on any atom is 0.253 e. The topological polar surface area (TPSA) is 87.3 Å². The highest BCUT2D eigenvalue weighted by molar-refractivity contribution is 6.31. The number of rotatable bonds is 3. The SMILES string of the molecule is CC(=O)N1CCOc2c1ccnc2N[C@@H](C)c1cc2cc(Cl)ccc2[nH]c1=O. The van der Waals surface area contributed by atoms with Crippen LogP contribution in [0.2, 0.25) is 5.02 Å². The summed E-state index contributed by atoms with van der Waals surface area (Å²) in [6.07, 6.45) is 1.61. The first-order valence-corrected chi connectivity index (χ1v) is 9.31. The fourth-order valence-electron chi connectivity index (χ4n) is 3.38. The van der Waals surface area contributed by atoms with E-state index in [4.69, 9.17) is 16.3 Å². The van der Waals surface area contributed by atoms with E-state index in [9.17, 15) is 9.59 Å². The molecule has 8 heteroatoms. The van der Waals surface area contributed by atoms with Gasteiger partial charge < -0.3 is 19.9 Å². The number of ether oxygens (including phenoxy) is 1. The molecule has 0 saturated carbocycles. The number of halogens is 1. The van der Waals surface area contributed by atoms with E-state index in [1.54, 1.807) is 35.4 Å². The quantitative estimate of drug-likeness (QED) is 0.705. The van der Waals surface area contributed by atoms with Crippen molar-refractivity contribution < 1.29 is 9.53 Å². The third-order valence-electron chi connectivity index (χ3n) is 4.77. The summed E-state index contributed by atoms with van der Waals surface area (Å²) in [7, 11) is 0. The molecule has 2 aromatic heterocycles. The van der Waals surface area contributed by atoms with Gasteiger partial charge in [-0.2, -0.15) is 0 Å². The van der Waals surface area contributed by atoms with Gasteiger partial charge in [-0.05, 0) is 37.3 Å². The highest BCUT2D eigenvalue weighted by Crippen LogP contribution is 2.38. The molecule has 0 fully saturated rings. The highest BCUT2D eigenvalue weighted by atomic mass is 35.5. The van der Waals surface area contributed by atoms with Gasteiger partial charge in [-0.3, -0.25) is 9.59 Å². The summed E-state index contributed by atoms with van der Waals surface area (Å²) in [5.74, 6) is 0.940. The number of fused-ring (bicyclic) bond motifs is 2. The van der Waals surface area contributed by atoms with Crippen LogP contribution in [0, 0.1) is 0 Å². The van der Waals surface area contributed by atoms with Crippen LogP contribution in [0.1, 0.15) is 25.5 Å². The van der Waals surface area contributed by atoms with E-state index in [2.05, 4.69) is 15.3 Å². The molecule has 1 aromatic carbocycles. The Labute approximate surface area is 166 Å². The average molecular weight is 399 g/mol. The van der Waals surface area contributed by atoms with Gasteiger partial charge in [0.2, 0.25) is 5.91 Å². The van der Waals surface area contributed by atoms with Crippen molar-refractivity contribution in [3.8, 4) is 5.75 Å². The van der Waals surface area contributed by atoms with E-state index in [-0.39, 0.29) is 17.5 Å². The molecule has 3 aromatic rings. The molecule has 2 N–H and O–H groups in total. The van der Waals surface area contributed by atoms with Gasteiger partial charge in [0.1, 0.15) is 6.61 Å². The zero-order valence-corrected chi connectivity index (χ0v) is 16.2. The molecule has 0 saturated heterocycles. The fourth-order valence-corrected chi connectivity index (χ4v) is 3.56. The molecule has 1 atom stereocenters. The number of aromatic nitrogens is 2. The van der Waals surface area contributed by atoms with E-state index in [0.717, 1.165) is 10.9 Å². The van der Waals surface area contributed by atoms with Gasteiger partial charge in [0.25, 0.3) is 5.56 Å². The number of carbonyl (C=O) groups is 1. The molecule has 4 rings (SSSR count). The number of H-pyrrole nitrogens is 1. The molecular formula is C20H19ClN4O3. The number of hydrogen-bond acceptors (Lipinski definition) is 5. The van der Waals surface area contributed by atoms with Crippen LogP contribution in [-0.4, -0.2) is 29.0 Å². The lowest BCUT2D eigenvalue weighted by atomic mass is 10.1. The number of amides is 1. The lowest BCUT2D eigenvalue weighted by Gasteiger charge is -2.30. The Kier molecular flexibility index (Phi) is 4.68. The number of aromatic amines is 1. The zero-order valence-electron chi connectivity index (χ0n) is 15.5. The van der Waals surface area contributed by atoms with Gasteiger partial charge in [-0.1, -0.05) is 11.6 Å². The molecule has 7 nitrogen and oxygen atoms in total. The molecule has 0 spiro atoms. The summed E-state index contributed by atoms with van der Waals surface area (Å²) < 4.78 is 5.77. The standard InChI is InChI=1S/C20H19ClN4O3/c1-11(15-10-13-9-14(21)3-4-16(13)24-20(15)27)23-19-18-17(5-6-22-19)25(12(2)26)7-8-28-18/h3-6,9-11H,7-8H2,1-2H3,(H,22,23)(H,24,27)/t11-/m0/s1. The Hall–Kier alpha value is -3.06. The molecular weight excluding hydrogens is 380 g/mol. The lowest BCUT2D eigenvalue weighted by Crippen LogP contribution is -2.36. The number of carbonyl (C=O) groups excluding carboxylic acids is 1. The normalized spacial score (nSPS) is 14.3. The maximum atomic E-state index is 12.5. The fraction of sp³-hybridized carbons (Fsp3) is 0.250. The summed E-state index contributed by atoms with van der Waals surface area (Å²) >= 11 is 6.07. The first kappa shape index (κ1) is 18.3. The largest absolute Gasteiger partial charge is 0.486 e. The van der Waals surface area contributed by atoms with Gasteiger partial charge >= 0.3 is 0 Å². The minimum Gasteiger partial charge on any atom is -0.486 e. The van der Waals surface area contributed by atoms with E-state index in [0.29, 0.717) is 41.0 Å². The third-order valence-corrected chi connectivity index (χ3v) is 5.01. The number of nitrogens with one attached hydrogen (secondary N) is 2. The monoisotopic (exact) mass is 398 g/mol. The first-order valence-electron chi connectivity index (χ1n) is 8.93. The second-order valence-electron chi connectivity index (χ2n) is 6.68. The minimum atomic E-state index is -0.345. The highest BCUT2D eigenvalue weighted by Gasteiger charge is 2.25. The Balaban J connectivity index is 1.70. The predicted octanol–water partition coefficient (Wildman–Crippen LogP) is 3.49. The molecule has 1 aliphatic heterocycles. The van der Waals surface area contributed by atoms with E-state index >= 15 is 0 Å². The van der Waals surface area contributed by atoms with Crippen LogP contribution in [0.5, 0.6) is 5.75 Å². The Morgan fingerprint density at radius 3 is 2.96 bits per heavy atom. The van der Waals surface area contributed by atoms with Gasteiger partial charge in [0.05, 0.1) is 18.3 Å². The van der Waals surface area contributed by atoms with Crippen molar-refractivity contribution in [2.75, 3.05) is 23.4 Å². The first-order chi connectivity index (χ1) is 13.4. The number of hydrogen-bond donors (Lipinski definition) is 2. The van der Waals surface area contributed by atoms with E-state index in [1.807, 2.05) is 13.0 Å². The van der Waals surface area contributed by atoms with Crippen LogP contribution in [0.4, 0.5) is 11.5 Å². The van der Waals surface area contributed by atoms with Crippen molar-refractivity contribution in [2.45, 2.75) is 19.9 Å². The van der Waals surface area contributed by atoms with Crippen molar-refractivity contribution in [1.82, 2.24) is 9.97 Å². The van der Waals surface area contributed by atoms with Crippen molar-refractivity contribution in [3.05, 3.63) is 57.5 Å². The average Bonchev–Trinajstić information content (AvgIpc) is 2.67. The Morgan fingerprint density at radius 2 is 2.18 bits per heavy atom. The maximum absolute atomic E-state index is 12.5. The van der Waals surface area contributed by atoms with Crippen LogP contribution >= 0.6 is 11.6 Å². The molecule has 0 radical (unpaired) electrons. The minimum absolute atomic E-state index is 0.0578. The molecule has 144 valence electrons. The molecule has 1 aliphatic rings. The summed E-state index contributed by atoms with van der Waals surface area (Å²) in [6, 6.07) is 8.54. The van der Waals surface area contributed by atoms with E-state index < -0.39 is 0 Å².